The van der Waals surface area contributed by atoms with E-state index in [0.29, 0.717) is 11.4 Å². The highest BCUT2D eigenvalue weighted by molar-refractivity contribution is 6.30. The van der Waals surface area contributed by atoms with Crippen molar-refractivity contribution in [3.8, 4) is 5.75 Å². The molecular formula is C30H32ClFN2O3. The number of hydrogen-bond donors (Lipinski definition) is 1. The van der Waals surface area contributed by atoms with Crippen molar-refractivity contribution in [2.45, 2.75) is 57.2 Å². The molecule has 0 unspecified atom stereocenters. The Morgan fingerprint density at radius 1 is 0.919 bits per heavy atom. The zero-order chi connectivity index (χ0) is 26.0. The molecule has 0 bridgehead atoms. The van der Waals surface area contributed by atoms with E-state index in [0.717, 1.165) is 36.8 Å². The first-order valence-electron chi connectivity index (χ1n) is 12.7. The van der Waals surface area contributed by atoms with Gasteiger partial charge in [-0.05, 0) is 48.2 Å². The van der Waals surface area contributed by atoms with Gasteiger partial charge < -0.3 is 15.0 Å². The standard InChI is InChI=1S/C30H32ClFN2O3/c31-24-17-15-23(16-18-24)20-34(29(35)21-37-28-14-8-7-13-26(28)32)27(19-22-9-3-1-4-10-22)30(36)33-25-11-5-2-6-12-25/h1,3-4,7-10,13-18,25,27H,2,5-6,11-12,19-21H2,(H,33,36)/t27-/m1/s1. The molecule has 1 N–H and O–H groups in total. The molecule has 0 spiro atoms. The fraction of sp³-hybridized carbons (Fsp3) is 0.333. The van der Waals surface area contributed by atoms with E-state index < -0.39 is 24.4 Å². The molecule has 0 aromatic heterocycles. The van der Waals surface area contributed by atoms with Gasteiger partial charge in [0.2, 0.25) is 5.91 Å². The summed E-state index contributed by atoms with van der Waals surface area (Å²) in [6.07, 6.45) is 5.56. The molecule has 0 heterocycles. The van der Waals surface area contributed by atoms with Crippen molar-refractivity contribution < 1.29 is 18.7 Å². The molecule has 5 nitrogen and oxygen atoms in total. The lowest BCUT2D eigenvalue weighted by Gasteiger charge is -2.33. The monoisotopic (exact) mass is 522 g/mol. The van der Waals surface area contributed by atoms with Crippen LogP contribution in [0.4, 0.5) is 4.39 Å². The molecule has 1 fully saturated rings. The van der Waals surface area contributed by atoms with Crippen molar-refractivity contribution >= 4 is 23.4 Å². The Balaban J connectivity index is 1.61. The SMILES string of the molecule is O=C(NC1CCCCC1)[C@@H](Cc1ccccc1)N(Cc1ccc(Cl)cc1)C(=O)COc1ccccc1F. The zero-order valence-corrected chi connectivity index (χ0v) is 21.5. The average Bonchev–Trinajstić information content (AvgIpc) is 2.92. The molecule has 2 amide bonds. The normalized spacial score (nSPS) is 14.5. The number of ether oxygens (including phenoxy) is 1. The van der Waals surface area contributed by atoms with E-state index >= 15 is 0 Å². The van der Waals surface area contributed by atoms with Gasteiger partial charge in [0, 0.05) is 24.0 Å². The quantitative estimate of drug-likeness (QED) is 0.358. The molecule has 1 saturated carbocycles. The fourth-order valence-electron chi connectivity index (χ4n) is 4.67. The number of nitrogens with zero attached hydrogens (tertiary/aromatic N) is 1. The number of nitrogens with one attached hydrogen (secondary N) is 1. The van der Waals surface area contributed by atoms with E-state index in [4.69, 9.17) is 16.3 Å². The van der Waals surface area contributed by atoms with Crippen molar-refractivity contribution in [3.63, 3.8) is 0 Å². The minimum atomic E-state index is -0.767. The van der Waals surface area contributed by atoms with Crippen LogP contribution in [0.5, 0.6) is 5.75 Å². The molecule has 1 aliphatic rings. The summed E-state index contributed by atoms with van der Waals surface area (Å²) in [6.45, 7) is -0.206. The van der Waals surface area contributed by atoms with Gasteiger partial charge in [-0.3, -0.25) is 9.59 Å². The van der Waals surface area contributed by atoms with Crippen molar-refractivity contribution in [2.75, 3.05) is 6.61 Å². The lowest BCUT2D eigenvalue weighted by Crippen LogP contribution is -2.53. The Morgan fingerprint density at radius 3 is 2.30 bits per heavy atom. The van der Waals surface area contributed by atoms with Crippen molar-refractivity contribution in [2.24, 2.45) is 0 Å². The van der Waals surface area contributed by atoms with E-state index in [9.17, 15) is 14.0 Å². The Bertz CT molecular complexity index is 1170. The molecular weight excluding hydrogens is 491 g/mol. The largest absolute Gasteiger partial charge is 0.481 e. The minimum Gasteiger partial charge on any atom is -0.481 e. The van der Waals surface area contributed by atoms with Crippen LogP contribution in [-0.2, 0) is 22.6 Å². The van der Waals surface area contributed by atoms with E-state index in [2.05, 4.69) is 5.32 Å². The predicted octanol–water partition coefficient (Wildman–Crippen LogP) is 5.95. The van der Waals surface area contributed by atoms with Crippen molar-refractivity contribution in [1.82, 2.24) is 10.2 Å². The van der Waals surface area contributed by atoms with E-state index in [1.165, 1.54) is 23.5 Å². The van der Waals surface area contributed by atoms with Crippen molar-refractivity contribution in [3.05, 3.63) is 101 Å². The summed E-state index contributed by atoms with van der Waals surface area (Å²) in [7, 11) is 0. The molecule has 0 radical (unpaired) electrons. The average molecular weight is 523 g/mol. The van der Waals surface area contributed by atoms with Crippen LogP contribution in [0.1, 0.15) is 43.2 Å². The second-order valence-electron chi connectivity index (χ2n) is 9.42. The Kier molecular flexibility index (Phi) is 9.55. The van der Waals surface area contributed by atoms with E-state index in [1.54, 1.807) is 24.3 Å². The number of rotatable bonds is 10. The zero-order valence-electron chi connectivity index (χ0n) is 20.7. The number of amides is 2. The van der Waals surface area contributed by atoms with Crippen LogP contribution in [0.2, 0.25) is 5.02 Å². The summed E-state index contributed by atoms with van der Waals surface area (Å²) < 4.78 is 19.7. The smallest absolute Gasteiger partial charge is 0.261 e. The maximum absolute atomic E-state index is 14.1. The summed E-state index contributed by atoms with van der Waals surface area (Å²) in [5.41, 5.74) is 1.77. The maximum atomic E-state index is 14.1. The molecule has 194 valence electrons. The van der Waals surface area contributed by atoms with Crippen LogP contribution in [0.15, 0.2) is 78.9 Å². The highest BCUT2D eigenvalue weighted by atomic mass is 35.5. The molecule has 0 aliphatic heterocycles. The van der Waals surface area contributed by atoms with Gasteiger partial charge >= 0.3 is 0 Å². The van der Waals surface area contributed by atoms with Gasteiger partial charge in [-0.15, -0.1) is 0 Å². The number of carbonyl (C=O) groups is 2. The van der Waals surface area contributed by atoms with Crippen molar-refractivity contribution in [1.29, 1.82) is 0 Å². The van der Waals surface area contributed by atoms with Gasteiger partial charge in [-0.1, -0.05) is 85.5 Å². The van der Waals surface area contributed by atoms with Crippen LogP contribution >= 0.6 is 11.6 Å². The van der Waals surface area contributed by atoms with Gasteiger partial charge in [0.15, 0.2) is 18.2 Å². The van der Waals surface area contributed by atoms with Crippen LogP contribution in [0.25, 0.3) is 0 Å². The summed E-state index contributed by atoms with van der Waals surface area (Å²) >= 11 is 6.07. The highest BCUT2D eigenvalue weighted by Gasteiger charge is 2.32. The van der Waals surface area contributed by atoms with E-state index in [1.807, 2.05) is 42.5 Å². The summed E-state index contributed by atoms with van der Waals surface area (Å²) in [5.74, 6) is -1.15. The molecule has 37 heavy (non-hydrogen) atoms. The minimum absolute atomic E-state index is 0.00596. The Hall–Kier alpha value is -3.38. The fourth-order valence-corrected chi connectivity index (χ4v) is 4.79. The molecule has 4 rings (SSSR count). The van der Waals surface area contributed by atoms with Gasteiger partial charge in [0.1, 0.15) is 6.04 Å². The molecule has 0 saturated heterocycles. The summed E-state index contributed by atoms with van der Waals surface area (Å²) in [5, 5.41) is 3.78. The highest BCUT2D eigenvalue weighted by Crippen LogP contribution is 2.21. The molecule has 7 heteroatoms. The number of halogens is 2. The molecule has 1 atom stereocenters. The second-order valence-corrected chi connectivity index (χ2v) is 9.85. The first-order valence-corrected chi connectivity index (χ1v) is 13.1. The van der Waals surface area contributed by atoms with Gasteiger partial charge in [-0.25, -0.2) is 4.39 Å². The Labute approximate surface area is 222 Å². The van der Waals surface area contributed by atoms with Crippen LogP contribution < -0.4 is 10.1 Å². The third-order valence-corrected chi connectivity index (χ3v) is 6.93. The topological polar surface area (TPSA) is 58.6 Å². The predicted molar refractivity (Wildman–Crippen MR) is 143 cm³/mol. The number of carbonyl (C=O) groups excluding carboxylic acids is 2. The van der Waals surface area contributed by atoms with Gasteiger partial charge in [0.25, 0.3) is 5.91 Å². The third kappa shape index (κ3) is 7.80. The molecule has 3 aromatic rings. The second kappa shape index (κ2) is 13.2. The maximum Gasteiger partial charge on any atom is 0.261 e. The lowest BCUT2D eigenvalue weighted by atomic mass is 9.94. The van der Waals surface area contributed by atoms with Crippen LogP contribution in [0, 0.1) is 5.82 Å². The van der Waals surface area contributed by atoms with Gasteiger partial charge in [0.05, 0.1) is 0 Å². The number of benzene rings is 3. The third-order valence-electron chi connectivity index (χ3n) is 6.68. The van der Waals surface area contributed by atoms with Crippen LogP contribution in [0.3, 0.4) is 0 Å². The summed E-state index contributed by atoms with van der Waals surface area (Å²) in [6, 6.07) is 22.1. The molecule has 3 aromatic carbocycles. The van der Waals surface area contributed by atoms with Crippen LogP contribution in [-0.4, -0.2) is 35.4 Å². The van der Waals surface area contributed by atoms with E-state index in [-0.39, 0.29) is 24.2 Å². The lowest BCUT2D eigenvalue weighted by molar-refractivity contribution is -0.143. The molecule has 1 aliphatic carbocycles. The first-order chi connectivity index (χ1) is 18.0. The number of hydrogen-bond acceptors (Lipinski definition) is 3. The summed E-state index contributed by atoms with van der Waals surface area (Å²) in [4.78, 5) is 28.8. The number of para-hydroxylation sites is 1. The van der Waals surface area contributed by atoms with Gasteiger partial charge in [-0.2, -0.15) is 0 Å². The first kappa shape index (κ1) is 26.7. The Morgan fingerprint density at radius 2 is 1.59 bits per heavy atom.